The Labute approximate surface area is 119 Å². The fourth-order valence-electron chi connectivity index (χ4n) is 1.58. The summed E-state index contributed by atoms with van der Waals surface area (Å²) >= 11 is 0. The van der Waals surface area contributed by atoms with Crippen molar-refractivity contribution in [2.75, 3.05) is 0 Å². The first-order valence-electron chi connectivity index (χ1n) is 5.50. The van der Waals surface area contributed by atoms with Crippen LogP contribution in [0.2, 0.25) is 0 Å². The summed E-state index contributed by atoms with van der Waals surface area (Å²) in [4.78, 5) is 20.7. The molecule has 20 heavy (non-hydrogen) atoms. The number of aromatic nitrogens is 2. The van der Waals surface area contributed by atoms with Gasteiger partial charge in [0.1, 0.15) is 6.54 Å². The lowest BCUT2D eigenvalue weighted by molar-refractivity contribution is -0.392. The second-order valence-electron chi connectivity index (χ2n) is 4.31. The molecule has 1 rings (SSSR count). The lowest BCUT2D eigenvalue weighted by Crippen LogP contribution is -2.33. The van der Waals surface area contributed by atoms with E-state index in [1.807, 2.05) is 0 Å². The molecular weight excluding hydrogens is 312 g/mol. The van der Waals surface area contributed by atoms with Crippen molar-refractivity contribution in [1.82, 2.24) is 15.1 Å². The molecule has 0 bridgehead atoms. The molecular formula is C9H13ClN4O5S. The van der Waals surface area contributed by atoms with Gasteiger partial charge in [0.2, 0.25) is 10.8 Å². The van der Waals surface area contributed by atoms with E-state index in [2.05, 4.69) is 10.4 Å². The van der Waals surface area contributed by atoms with Crippen molar-refractivity contribution in [2.24, 2.45) is 0 Å². The molecule has 1 amide bonds. The monoisotopic (exact) mass is 324 g/mol. The van der Waals surface area contributed by atoms with Crippen LogP contribution in [-0.4, -0.2) is 35.1 Å². The van der Waals surface area contributed by atoms with Gasteiger partial charge in [0, 0.05) is 16.7 Å². The molecule has 0 saturated carbocycles. The van der Waals surface area contributed by atoms with Crippen molar-refractivity contribution < 1.29 is 18.1 Å². The van der Waals surface area contributed by atoms with Crippen molar-refractivity contribution in [1.29, 1.82) is 0 Å². The van der Waals surface area contributed by atoms with Crippen molar-refractivity contribution in [3.63, 3.8) is 0 Å². The maximum absolute atomic E-state index is 11.6. The van der Waals surface area contributed by atoms with Crippen molar-refractivity contribution in [3.05, 3.63) is 15.8 Å². The molecule has 0 spiro atoms. The number of nitrogens with zero attached hydrogens (tertiary/aromatic N) is 3. The van der Waals surface area contributed by atoms with E-state index in [4.69, 9.17) is 10.7 Å². The summed E-state index contributed by atoms with van der Waals surface area (Å²) in [6.45, 7) is 4.44. The summed E-state index contributed by atoms with van der Waals surface area (Å²) in [5, 5.41) is 16.9. The van der Waals surface area contributed by atoms with Crippen LogP contribution in [0.3, 0.4) is 0 Å². The zero-order chi connectivity index (χ0) is 15.7. The topological polar surface area (TPSA) is 124 Å². The molecule has 0 fully saturated rings. The Morgan fingerprint density at radius 2 is 2.10 bits per heavy atom. The number of hydrogen-bond acceptors (Lipinski definition) is 6. The number of amides is 1. The van der Waals surface area contributed by atoms with E-state index >= 15 is 0 Å². The van der Waals surface area contributed by atoms with E-state index in [9.17, 15) is 23.3 Å². The Morgan fingerprint density at radius 3 is 2.45 bits per heavy atom. The van der Waals surface area contributed by atoms with E-state index < -0.39 is 30.6 Å². The number of carbonyl (C=O) groups excluding carboxylic acids is 1. The van der Waals surface area contributed by atoms with Crippen molar-refractivity contribution in [2.45, 2.75) is 38.3 Å². The Bertz CT molecular complexity index is 652. The summed E-state index contributed by atoms with van der Waals surface area (Å²) in [5.74, 6) is -1.34. The molecule has 0 unspecified atom stereocenters. The molecule has 0 aromatic carbocycles. The number of halogens is 1. The van der Waals surface area contributed by atoms with Gasteiger partial charge in [-0.05, 0) is 25.7 Å². The largest absolute Gasteiger partial charge is 0.410 e. The molecule has 1 N–H and O–H groups in total. The highest BCUT2D eigenvalue weighted by Crippen LogP contribution is 2.29. The van der Waals surface area contributed by atoms with Gasteiger partial charge in [-0.3, -0.25) is 4.79 Å². The lowest BCUT2D eigenvalue weighted by Gasteiger charge is -2.07. The van der Waals surface area contributed by atoms with Gasteiger partial charge in [-0.25, -0.2) is 8.42 Å². The van der Waals surface area contributed by atoms with E-state index in [1.165, 1.54) is 6.92 Å². The molecule has 0 saturated heterocycles. The van der Waals surface area contributed by atoms with Crippen LogP contribution in [0.5, 0.6) is 0 Å². The van der Waals surface area contributed by atoms with E-state index in [-0.39, 0.29) is 18.3 Å². The van der Waals surface area contributed by atoms with E-state index in [1.54, 1.807) is 13.8 Å². The smallest absolute Gasteiger partial charge is 0.358 e. The molecule has 0 radical (unpaired) electrons. The van der Waals surface area contributed by atoms with Crippen LogP contribution in [0.4, 0.5) is 5.82 Å². The maximum atomic E-state index is 11.6. The average molecular weight is 325 g/mol. The summed E-state index contributed by atoms with van der Waals surface area (Å²) in [7, 11) is 0.829. The molecule has 1 aromatic rings. The molecule has 11 heteroatoms. The van der Waals surface area contributed by atoms with Gasteiger partial charge in [-0.15, -0.1) is 0 Å². The number of nitro groups is 1. The van der Waals surface area contributed by atoms with Gasteiger partial charge < -0.3 is 15.4 Å². The van der Waals surface area contributed by atoms with Crippen LogP contribution in [0.25, 0.3) is 0 Å². The highest BCUT2D eigenvalue weighted by atomic mass is 35.7. The van der Waals surface area contributed by atoms with Gasteiger partial charge in [-0.1, -0.05) is 0 Å². The van der Waals surface area contributed by atoms with Crippen LogP contribution in [0, 0.1) is 17.0 Å². The van der Waals surface area contributed by atoms with E-state index in [0.29, 0.717) is 0 Å². The fourth-order valence-corrected chi connectivity index (χ4v) is 2.91. The molecule has 0 aliphatic rings. The Balaban J connectivity index is 3.25. The molecule has 9 nitrogen and oxygen atoms in total. The lowest BCUT2D eigenvalue weighted by atomic mass is 10.4. The molecule has 112 valence electrons. The second kappa shape index (κ2) is 5.75. The first kappa shape index (κ1) is 16.4. The maximum Gasteiger partial charge on any atom is 0.410 e. The molecule has 0 aliphatic carbocycles. The Kier molecular flexibility index (Phi) is 4.71. The minimum atomic E-state index is -4.33. The Hall–Kier alpha value is -1.68. The van der Waals surface area contributed by atoms with Crippen LogP contribution in [-0.2, 0) is 20.4 Å². The number of rotatable bonds is 5. The zero-order valence-electron chi connectivity index (χ0n) is 11.0. The van der Waals surface area contributed by atoms with Gasteiger partial charge in [-0.2, -0.15) is 4.68 Å². The third kappa shape index (κ3) is 3.67. The summed E-state index contributed by atoms with van der Waals surface area (Å²) < 4.78 is 23.7. The minimum absolute atomic E-state index is 0.0643. The van der Waals surface area contributed by atoms with Gasteiger partial charge in [0.25, 0.3) is 9.05 Å². The first-order chi connectivity index (χ1) is 9.04. The first-order valence-corrected chi connectivity index (χ1v) is 7.80. The second-order valence-corrected chi connectivity index (χ2v) is 6.82. The summed E-state index contributed by atoms with van der Waals surface area (Å²) in [6.07, 6.45) is 0. The Morgan fingerprint density at radius 1 is 1.55 bits per heavy atom. The zero-order valence-corrected chi connectivity index (χ0v) is 12.5. The molecule has 1 aromatic heterocycles. The predicted molar refractivity (Wildman–Crippen MR) is 69.9 cm³/mol. The highest BCUT2D eigenvalue weighted by molar-refractivity contribution is 8.13. The fraction of sp³-hybridized carbons (Fsp3) is 0.556. The third-order valence-corrected chi connectivity index (χ3v) is 3.72. The van der Waals surface area contributed by atoms with Crippen molar-refractivity contribution in [3.8, 4) is 0 Å². The van der Waals surface area contributed by atoms with Crippen LogP contribution >= 0.6 is 10.7 Å². The third-order valence-electron chi connectivity index (χ3n) is 2.29. The standard InChI is InChI=1S/C9H13ClN4O5S/c1-5(2)11-7(15)4-13-6(3)8(20(10,18)19)9(12-13)14(16)17/h5H,4H2,1-3H3,(H,11,15). The predicted octanol–water partition coefficient (Wildman–Crippen LogP) is 0.552. The normalized spacial score (nSPS) is 11.7. The molecule has 0 atom stereocenters. The van der Waals surface area contributed by atoms with Gasteiger partial charge in [0.05, 0.1) is 10.8 Å². The summed E-state index contributed by atoms with van der Waals surface area (Å²) in [5.41, 5.74) is -0.0643. The minimum Gasteiger partial charge on any atom is -0.358 e. The SMILES string of the molecule is Cc1c(S(=O)(=O)Cl)c([N+](=O)[O-])nn1CC(=O)NC(C)C. The van der Waals surface area contributed by atoms with Crippen LogP contribution in [0.1, 0.15) is 19.5 Å². The van der Waals surface area contributed by atoms with Gasteiger partial charge in [0.15, 0.2) is 0 Å². The highest BCUT2D eigenvalue weighted by Gasteiger charge is 2.34. The molecule has 1 heterocycles. The van der Waals surface area contributed by atoms with Gasteiger partial charge >= 0.3 is 5.82 Å². The van der Waals surface area contributed by atoms with Crippen LogP contribution < -0.4 is 5.32 Å². The van der Waals surface area contributed by atoms with E-state index in [0.717, 1.165) is 4.68 Å². The summed E-state index contributed by atoms with van der Waals surface area (Å²) in [6, 6.07) is -0.121. The quantitative estimate of drug-likeness (QED) is 0.479. The number of hydrogen-bond donors (Lipinski definition) is 1. The molecule has 0 aliphatic heterocycles. The number of carbonyl (C=O) groups is 1. The number of nitrogens with one attached hydrogen (secondary N) is 1. The average Bonchev–Trinajstić information content (AvgIpc) is 2.54. The van der Waals surface area contributed by atoms with Crippen molar-refractivity contribution >= 4 is 31.5 Å². The van der Waals surface area contributed by atoms with Crippen LogP contribution in [0.15, 0.2) is 4.90 Å².